The van der Waals surface area contributed by atoms with Crippen LogP contribution in [0.1, 0.15) is 17.0 Å². The number of ether oxygens (including phenoxy) is 2. The van der Waals surface area contributed by atoms with E-state index in [0.717, 1.165) is 34.4 Å². The molecule has 0 bridgehead atoms. The van der Waals surface area contributed by atoms with Gasteiger partial charge in [0.25, 0.3) is 11.1 Å². The second-order valence-corrected chi connectivity index (χ2v) is 9.71. The predicted molar refractivity (Wildman–Crippen MR) is 139 cm³/mol. The Labute approximate surface area is 210 Å². The van der Waals surface area contributed by atoms with Gasteiger partial charge in [0.05, 0.1) is 18.6 Å². The highest BCUT2D eigenvalue weighted by molar-refractivity contribution is 14.1. The lowest BCUT2D eigenvalue weighted by atomic mass is 10.2. The van der Waals surface area contributed by atoms with Gasteiger partial charge in [0.2, 0.25) is 0 Å². The molecule has 2 heterocycles. The molecule has 0 aliphatic carbocycles. The van der Waals surface area contributed by atoms with Crippen LogP contribution < -0.4 is 9.47 Å². The van der Waals surface area contributed by atoms with Crippen molar-refractivity contribution in [3.8, 4) is 17.2 Å². The Morgan fingerprint density at radius 1 is 1.03 bits per heavy atom. The first-order valence-corrected chi connectivity index (χ1v) is 12.2. The minimum Gasteiger partial charge on any atom is -0.493 e. The monoisotopic (exact) mass is 574 g/mol. The molecule has 0 atom stereocenters. The second kappa shape index (κ2) is 10.0. The van der Waals surface area contributed by atoms with Crippen molar-refractivity contribution in [1.82, 2.24) is 9.47 Å². The van der Waals surface area contributed by atoms with Gasteiger partial charge in [-0.25, -0.2) is 0 Å². The SMILES string of the molecule is COc1ccccc1OCCN1C(=O)S/C(=C\c2cc(C)n(-c3ccc(I)cc3)c2C)C1=O. The standard InChI is InChI=1S/C25H23IN2O4S/c1-16-14-18(17(2)28(16)20-10-8-19(26)9-11-20)15-23-24(29)27(25(30)33-23)12-13-32-22-7-5-4-6-21(22)31-3/h4-11,14-15H,12-13H2,1-3H3/b23-15-. The molecule has 0 unspecified atom stereocenters. The number of hydrogen-bond donors (Lipinski definition) is 0. The van der Waals surface area contributed by atoms with Gasteiger partial charge in [-0.15, -0.1) is 0 Å². The van der Waals surface area contributed by atoms with Crippen LogP contribution in [0.3, 0.4) is 0 Å². The van der Waals surface area contributed by atoms with Gasteiger partial charge >= 0.3 is 0 Å². The summed E-state index contributed by atoms with van der Waals surface area (Å²) in [5, 5.41) is -0.290. The van der Waals surface area contributed by atoms with Crippen LogP contribution in [0.5, 0.6) is 11.5 Å². The highest BCUT2D eigenvalue weighted by Crippen LogP contribution is 2.34. The number of imide groups is 1. The first-order chi connectivity index (χ1) is 15.9. The molecule has 33 heavy (non-hydrogen) atoms. The summed E-state index contributed by atoms with van der Waals surface area (Å²) in [5.74, 6) is 0.883. The van der Waals surface area contributed by atoms with Gasteiger partial charge in [-0.3, -0.25) is 14.5 Å². The van der Waals surface area contributed by atoms with Crippen LogP contribution >= 0.6 is 34.4 Å². The maximum atomic E-state index is 12.9. The van der Waals surface area contributed by atoms with Crippen LogP contribution in [0.2, 0.25) is 0 Å². The molecule has 0 spiro atoms. The van der Waals surface area contributed by atoms with Gasteiger partial charge in [0.15, 0.2) is 11.5 Å². The third-order valence-corrected chi connectivity index (χ3v) is 6.98. The molecule has 6 nitrogen and oxygen atoms in total. The average molecular weight is 574 g/mol. The molecule has 1 aromatic heterocycles. The van der Waals surface area contributed by atoms with E-state index >= 15 is 0 Å². The summed E-state index contributed by atoms with van der Waals surface area (Å²) in [6.45, 7) is 4.40. The quantitative estimate of drug-likeness (QED) is 0.263. The number of thioether (sulfide) groups is 1. The molecule has 1 fully saturated rings. The average Bonchev–Trinajstić information content (AvgIpc) is 3.23. The normalized spacial score (nSPS) is 14.9. The summed E-state index contributed by atoms with van der Waals surface area (Å²) in [6.07, 6.45) is 1.80. The van der Waals surface area contributed by atoms with Crippen molar-refractivity contribution in [2.75, 3.05) is 20.3 Å². The zero-order chi connectivity index (χ0) is 23.5. The van der Waals surface area contributed by atoms with Crippen molar-refractivity contribution >= 4 is 51.6 Å². The topological polar surface area (TPSA) is 60.8 Å². The summed E-state index contributed by atoms with van der Waals surface area (Å²) in [6, 6.07) is 17.6. The van der Waals surface area contributed by atoms with E-state index in [9.17, 15) is 9.59 Å². The summed E-state index contributed by atoms with van der Waals surface area (Å²) in [4.78, 5) is 27.1. The summed E-state index contributed by atoms with van der Waals surface area (Å²) in [5.41, 5.74) is 4.05. The Kier molecular flexibility index (Phi) is 7.14. The summed E-state index contributed by atoms with van der Waals surface area (Å²) < 4.78 is 14.3. The first-order valence-electron chi connectivity index (χ1n) is 10.3. The van der Waals surface area contributed by atoms with Crippen LogP contribution in [0.25, 0.3) is 11.8 Å². The van der Waals surface area contributed by atoms with E-state index in [-0.39, 0.29) is 24.3 Å². The van der Waals surface area contributed by atoms with E-state index < -0.39 is 0 Å². The third kappa shape index (κ3) is 4.96. The van der Waals surface area contributed by atoms with Gasteiger partial charge in [-0.1, -0.05) is 12.1 Å². The predicted octanol–water partition coefficient (Wildman–Crippen LogP) is 5.82. The zero-order valence-electron chi connectivity index (χ0n) is 18.5. The lowest BCUT2D eigenvalue weighted by Gasteiger charge is -2.14. The number of amides is 2. The Hall–Kier alpha value is -2.72. The lowest BCUT2D eigenvalue weighted by molar-refractivity contribution is -0.123. The number of hydrogen-bond acceptors (Lipinski definition) is 5. The van der Waals surface area contributed by atoms with Gasteiger partial charge in [-0.05, 0) is 102 Å². The largest absolute Gasteiger partial charge is 0.493 e. The van der Waals surface area contributed by atoms with Crippen molar-refractivity contribution in [1.29, 1.82) is 0 Å². The minimum atomic E-state index is -0.298. The van der Waals surface area contributed by atoms with E-state index in [1.165, 1.54) is 8.47 Å². The molecular formula is C25H23IN2O4S. The van der Waals surface area contributed by atoms with Crippen molar-refractivity contribution < 1.29 is 19.1 Å². The van der Waals surface area contributed by atoms with E-state index in [1.807, 2.05) is 32.0 Å². The molecule has 0 saturated carbocycles. The van der Waals surface area contributed by atoms with Crippen molar-refractivity contribution in [2.45, 2.75) is 13.8 Å². The van der Waals surface area contributed by atoms with Gasteiger partial charge < -0.3 is 14.0 Å². The molecule has 1 saturated heterocycles. The Morgan fingerprint density at radius 2 is 1.73 bits per heavy atom. The Morgan fingerprint density at radius 3 is 2.42 bits per heavy atom. The van der Waals surface area contributed by atoms with E-state index in [2.05, 4.69) is 51.4 Å². The summed E-state index contributed by atoms with van der Waals surface area (Å²) in [7, 11) is 1.57. The number of aromatic nitrogens is 1. The number of methoxy groups -OCH3 is 1. The first kappa shape index (κ1) is 23.4. The number of benzene rings is 2. The number of carbonyl (C=O) groups excluding carboxylic acids is 2. The van der Waals surface area contributed by atoms with E-state index in [1.54, 1.807) is 25.3 Å². The van der Waals surface area contributed by atoms with Gasteiger partial charge in [-0.2, -0.15) is 0 Å². The van der Waals surface area contributed by atoms with Crippen LogP contribution in [0, 0.1) is 17.4 Å². The van der Waals surface area contributed by atoms with Crippen LogP contribution in [0.4, 0.5) is 4.79 Å². The molecule has 4 rings (SSSR count). The van der Waals surface area contributed by atoms with Gasteiger partial charge in [0, 0.05) is 20.6 Å². The number of aryl methyl sites for hydroxylation is 1. The Balaban J connectivity index is 1.49. The fourth-order valence-corrected chi connectivity index (χ4v) is 4.96. The second-order valence-electron chi connectivity index (χ2n) is 7.47. The number of carbonyl (C=O) groups is 2. The minimum absolute atomic E-state index is 0.168. The molecule has 0 radical (unpaired) electrons. The number of rotatable bonds is 7. The number of halogens is 1. The molecule has 2 amide bonds. The molecule has 2 aromatic carbocycles. The van der Waals surface area contributed by atoms with E-state index in [0.29, 0.717) is 16.4 Å². The maximum Gasteiger partial charge on any atom is 0.293 e. The molecular weight excluding hydrogens is 551 g/mol. The van der Waals surface area contributed by atoms with Crippen LogP contribution in [-0.4, -0.2) is 40.9 Å². The van der Waals surface area contributed by atoms with Crippen LogP contribution in [-0.2, 0) is 4.79 Å². The molecule has 3 aromatic rings. The fourth-order valence-electron chi connectivity index (χ4n) is 3.74. The molecule has 170 valence electrons. The number of nitrogens with zero attached hydrogens (tertiary/aromatic N) is 2. The van der Waals surface area contributed by atoms with Crippen molar-refractivity contribution in [2.24, 2.45) is 0 Å². The Bertz CT molecular complexity index is 1230. The maximum absolute atomic E-state index is 12.9. The highest BCUT2D eigenvalue weighted by Gasteiger charge is 2.35. The number of para-hydroxylation sites is 2. The highest BCUT2D eigenvalue weighted by atomic mass is 127. The molecule has 8 heteroatoms. The third-order valence-electron chi connectivity index (χ3n) is 5.36. The molecule has 1 aliphatic rings. The van der Waals surface area contributed by atoms with E-state index in [4.69, 9.17) is 9.47 Å². The molecule has 1 aliphatic heterocycles. The van der Waals surface area contributed by atoms with Crippen molar-refractivity contribution in [3.63, 3.8) is 0 Å². The zero-order valence-corrected chi connectivity index (χ0v) is 21.5. The van der Waals surface area contributed by atoms with Gasteiger partial charge in [0.1, 0.15) is 6.61 Å². The lowest BCUT2D eigenvalue weighted by Crippen LogP contribution is -2.32. The van der Waals surface area contributed by atoms with Crippen molar-refractivity contribution in [3.05, 3.63) is 80.0 Å². The molecule has 0 N–H and O–H groups in total. The summed E-state index contributed by atoms with van der Waals surface area (Å²) >= 11 is 3.24. The van der Waals surface area contributed by atoms with Crippen LogP contribution in [0.15, 0.2) is 59.5 Å². The fraction of sp³-hybridized carbons (Fsp3) is 0.200. The smallest absolute Gasteiger partial charge is 0.293 e.